The predicted octanol–water partition coefficient (Wildman–Crippen LogP) is 1.64. The lowest BCUT2D eigenvalue weighted by Crippen LogP contribution is -2.31. The lowest BCUT2D eigenvalue weighted by Gasteiger charge is -2.14. The fraction of sp³-hybridized carbons (Fsp3) is 0.538. The summed E-state index contributed by atoms with van der Waals surface area (Å²) in [5.41, 5.74) is 0.720. The van der Waals surface area contributed by atoms with Crippen molar-refractivity contribution in [1.29, 1.82) is 0 Å². The third kappa shape index (κ3) is 5.23. The highest BCUT2D eigenvalue weighted by molar-refractivity contribution is 5.42. The van der Waals surface area contributed by atoms with Crippen LogP contribution in [0.5, 0.6) is 5.75 Å². The van der Waals surface area contributed by atoms with Gasteiger partial charge >= 0.3 is 0 Å². The van der Waals surface area contributed by atoms with E-state index in [0.29, 0.717) is 17.9 Å². The molecule has 0 radical (unpaired) electrons. The second kappa shape index (κ2) is 7.70. The summed E-state index contributed by atoms with van der Waals surface area (Å²) in [6.45, 7) is 5.28. The Morgan fingerprint density at radius 1 is 1.53 bits per heavy atom. The standard InChI is InChI=1S/C13H20N2O4/c1-3-6-14-8-12(16)9-19-13-5-4-11(15(17)18)7-10(13)2/h4-5,7,12,14,16H,3,6,8-9H2,1-2H3. The summed E-state index contributed by atoms with van der Waals surface area (Å²) in [7, 11) is 0. The average molecular weight is 268 g/mol. The van der Waals surface area contributed by atoms with Gasteiger partial charge in [-0.2, -0.15) is 0 Å². The maximum absolute atomic E-state index is 10.6. The number of benzene rings is 1. The highest BCUT2D eigenvalue weighted by atomic mass is 16.6. The summed E-state index contributed by atoms with van der Waals surface area (Å²) in [6, 6.07) is 4.40. The summed E-state index contributed by atoms with van der Waals surface area (Å²) in [4.78, 5) is 10.1. The Kier molecular flexibility index (Phi) is 6.24. The van der Waals surface area contributed by atoms with E-state index in [2.05, 4.69) is 12.2 Å². The summed E-state index contributed by atoms with van der Waals surface area (Å²) in [5, 5.41) is 23.4. The number of non-ortho nitro benzene ring substituents is 1. The van der Waals surface area contributed by atoms with Gasteiger partial charge in [0.1, 0.15) is 18.5 Å². The van der Waals surface area contributed by atoms with E-state index < -0.39 is 11.0 Å². The van der Waals surface area contributed by atoms with Crippen molar-refractivity contribution in [2.24, 2.45) is 0 Å². The first kappa shape index (κ1) is 15.4. The number of nitro benzene ring substituents is 1. The van der Waals surface area contributed by atoms with E-state index in [-0.39, 0.29) is 12.3 Å². The second-order valence-electron chi connectivity index (χ2n) is 4.38. The molecule has 6 nitrogen and oxygen atoms in total. The topological polar surface area (TPSA) is 84.6 Å². The van der Waals surface area contributed by atoms with Gasteiger partial charge in [0.25, 0.3) is 5.69 Å². The Labute approximate surface area is 112 Å². The zero-order valence-electron chi connectivity index (χ0n) is 11.3. The molecule has 0 fully saturated rings. The number of nitrogens with zero attached hydrogens (tertiary/aromatic N) is 1. The van der Waals surface area contributed by atoms with Gasteiger partial charge in [-0.15, -0.1) is 0 Å². The van der Waals surface area contributed by atoms with Crippen molar-refractivity contribution >= 4 is 5.69 Å². The van der Waals surface area contributed by atoms with Gasteiger partial charge in [0.05, 0.1) is 4.92 Å². The zero-order chi connectivity index (χ0) is 14.3. The molecule has 0 amide bonds. The van der Waals surface area contributed by atoms with Gasteiger partial charge in [-0.3, -0.25) is 10.1 Å². The first-order chi connectivity index (χ1) is 9.04. The number of aliphatic hydroxyl groups excluding tert-OH is 1. The molecule has 0 spiro atoms. The third-order valence-electron chi connectivity index (χ3n) is 2.61. The van der Waals surface area contributed by atoms with Crippen LogP contribution in [0.1, 0.15) is 18.9 Å². The van der Waals surface area contributed by atoms with Crippen LogP contribution in [0.25, 0.3) is 0 Å². The average Bonchev–Trinajstić information content (AvgIpc) is 2.37. The molecule has 0 aliphatic rings. The smallest absolute Gasteiger partial charge is 0.269 e. The zero-order valence-corrected chi connectivity index (χ0v) is 11.3. The quantitative estimate of drug-likeness (QED) is 0.425. The Hall–Kier alpha value is -1.66. The van der Waals surface area contributed by atoms with Crippen molar-refractivity contribution in [1.82, 2.24) is 5.32 Å². The number of hydrogen-bond acceptors (Lipinski definition) is 5. The number of nitro groups is 1. The summed E-state index contributed by atoms with van der Waals surface area (Å²) >= 11 is 0. The molecule has 0 bridgehead atoms. The van der Waals surface area contributed by atoms with Crippen molar-refractivity contribution in [3.05, 3.63) is 33.9 Å². The highest BCUT2D eigenvalue weighted by Crippen LogP contribution is 2.23. The van der Waals surface area contributed by atoms with Gasteiger partial charge in [-0.05, 0) is 31.5 Å². The van der Waals surface area contributed by atoms with Gasteiger partial charge < -0.3 is 15.2 Å². The van der Waals surface area contributed by atoms with Crippen LogP contribution in [0.4, 0.5) is 5.69 Å². The lowest BCUT2D eigenvalue weighted by molar-refractivity contribution is -0.384. The van der Waals surface area contributed by atoms with E-state index in [9.17, 15) is 15.2 Å². The van der Waals surface area contributed by atoms with Gasteiger partial charge in [-0.25, -0.2) is 0 Å². The minimum Gasteiger partial charge on any atom is -0.491 e. The van der Waals surface area contributed by atoms with Crippen LogP contribution in [-0.4, -0.2) is 35.8 Å². The molecular formula is C13H20N2O4. The number of ether oxygens (including phenoxy) is 1. The van der Waals surface area contributed by atoms with Crippen molar-refractivity contribution in [2.45, 2.75) is 26.4 Å². The fourth-order valence-electron chi connectivity index (χ4n) is 1.60. The van der Waals surface area contributed by atoms with Crippen LogP contribution in [0.15, 0.2) is 18.2 Å². The monoisotopic (exact) mass is 268 g/mol. The molecule has 2 N–H and O–H groups in total. The Balaban J connectivity index is 2.47. The van der Waals surface area contributed by atoms with Gasteiger partial charge in [-0.1, -0.05) is 6.92 Å². The summed E-state index contributed by atoms with van der Waals surface area (Å²) < 4.78 is 5.45. The van der Waals surface area contributed by atoms with Gasteiger partial charge in [0, 0.05) is 18.7 Å². The SMILES string of the molecule is CCCNCC(O)COc1ccc([N+](=O)[O-])cc1C. The molecule has 0 heterocycles. The molecule has 1 atom stereocenters. The van der Waals surface area contributed by atoms with E-state index in [4.69, 9.17) is 4.74 Å². The molecule has 1 aromatic carbocycles. The molecule has 0 saturated carbocycles. The fourth-order valence-corrected chi connectivity index (χ4v) is 1.60. The highest BCUT2D eigenvalue weighted by Gasteiger charge is 2.10. The molecule has 106 valence electrons. The number of rotatable bonds is 8. The molecule has 0 aliphatic carbocycles. The Morgan fingerprint density at radius 3 is 2.84 bits per heavy atom. The van der Waals surface area contributed by atoms with Crippen molar-refractivity contribution in [3.63, 3.8) is 0 Å². The molecular weight excluding hydrogens is 248 g/mol. The predicted molar refractivity (Wildman–Crippen MR) is 72.5 cm³/mol. The van der Waals surface area contributed by atoms with Gasteiger partial charge in [0.15, 0.2) is 0 Å². The minimum atomic E-state index is -0.596. The van der Waals surface area contributed by atoms with Crippen molar-refractivity contribution in [2.75, 3.05) is 19.7 Å². The van der Waals surface area contributed by atoms with E-state index in [1.807, 2.05) is 0 Å². The lowest BCUT2D eigenvalue weighted by atomic mass is 10.2. The summed E-state index contributed by atoms with van der Waals surface area (Å²) in [5.74, 6) is 0.556. The molecule has 6 heteroatoms. The third-order valence-corrected chi connectivity index (χ3v) is 2.61. The van der Waals surface area contributed by atoms with Crippen LogP contribution >= 0.6 is 0 Å². The van der Waals surface area contributed by atoms with Gasteiger partial charge in [0.2, 0.25) is 0 Å². The molecule has 0 aromatic heterocycles. The number of nitrogens with one attached hydrogen (secondary N) is 1. The van der Waals surface area contributed by atoms with Crippen molar-refractivity contribution in [3.8, 4) is 5.75 Å². The normalized spacial score (nSPS) is 12.2. The number of aliphatic hydroxyl groups is 1. The maximum Gasteiger partial charge on any atom is 0.269 e. The first-order valence-electron chi connectivity index (χ1n) is 6.31. The Bertz CT molecular complexity index is 423. The Morgan fingerprint density at radius 2 is 2.26 bits per heavy atom. The minimum absolute atomic E-state index is 0.0370. The molecule has 1 unspecified atom stereocenters. The molecule has 1 aromatic rings. The van der Waals surface area contributed by atoms with Crippen molar-refractivity contribution < 1.29 is 14.8 Å². The van der Waals surface area contributed by atoms with E-state index in [0.717, 1.165) is 13.0 Å². The largest absolute Gasteiger partial charge is 0.491 e. The first-order valence-corrected chi connectivity index (χ1v) is 6.31. The number of hydrogen-bond donors (Lipinski definition) is 2. The molecule has 0 saturated heterocycles. The molecule has 19 heavy (non-hydrogen) atoms. The van der Waals surface area contributed by atoms with Crippen LogP contribution in [-0.2, 0) is 0 Å². The van der Waals surface area contributed by atoms with E-state index in [1.165, 1.54) is 12.1 Å². The van der Waals surface area contributed by atoms with E-state index in [1.54, 1.807) is 13.0 Å². The molecule has 1 rings (SSSR count). The van der Waals surface area contributed by atoms with Crippen LogP contribution in [0, 0.1) is 17.0 Å². The number of aryl methyl sites for hydroxylation is 1. The molecule has 0 aliphatic heterocycles. The van der Waals surface area contributed by atoms with Crippen LogP contribution < -0.4 is 10.1 Å². The maximum atomic E-state index is 10.6. The van der Waals surface area contributed by atoms with E-state index >= 15 is 0 Å². The van der Waals surface area contributed by atoms with Crippen LogP contribution in [0.3, 0.4) is 0 Å². The van der Waals surface area contributed by atoms with Crippen LogP contribution in [0.2, 0.25) is 0 Å². The summed E-state index contributed by atoms with van der Waals surface area (Å²) in [6.07, 6.45) is 0.413. The second-order valence-corrected chi connectivity index (χ2v) is 4.38.